The van der Waals surface area contributed by atoms with Crippen molar-refractivity contribution < 1.29 is 28.5 Å². The van der Waals surface area contributed by atoms with Gasteiger partial charge in [0.15, 0.2) is 18.1 Å². The third kappa shape index (κ3) is 3.96. The molecule has 0 aliphatic carbocycles. The van der Waals surface area contributed by atoms with Gasteiger partial charge in [0.1, 0.15) is 5.56 Å². The van der Waals surface area contributed by atoms with Gasteiger partial charge < -0.3 is 18.9 Å². The molecule has 0 amide bonds. The van der Waals surface area contributed by atoms with Crippen LogP contribution in [0.2, 0.25) is 0 Å². The van der Waals surface area contributed by atoms with Gasteiger partial charge in [-0.05, 0) is 37.6 Å². The smallest absolute Gasteiger partial charge is 0.342 e. The standard InChI is InChI=1S/C20H22O6/c1-12-6-7-13(2)15(10-12)16(21)11-26-20(22)14-8-9-17(23-3)19(25-5)18(14)24-4/h6-10H,11H2,1-5H3. The summed E-state index contributed by atoms with van der Waals surface area (Å²) < 4.78 is 20.9. The van der Waals surface area contributed by atoms with E-state index in [2.05, 4.69) is 0 Å². The van der Waals surface area contributed by atoms with E-state index >= 15 is 0 Å². The Morgan fingerprint density at radius 2 is 1.54 bits per heavy atom. The van der Waals surface area contributed by atoms with Crippen LogP contribution in [-0.4, -0.2) is 39.7 Å². The third-order valence-corrected chi connectivity index (χ3v) is 3.95. The number of methoxy groups -OCH3 is 3. The first kappa shape index (κ1) is 19.3. The first-order valence-electron chi connectivity index (χ1n) is 7.99. The zero-order valence-electron chi connectivity index (χ0n) is 15.5. The molecule has 0 saturated heterocycles. The number of aryl methyl sites for hydroxylation is 2. The van der Waals surface area contributed by atoms with Gasteiger partial charge in [0, 0.05) is 5.56 Å². The van der Waals surface area contributed by atoms with Gasteiger partial charge >= 0.3 is 5.97 Å². The van der Waals surface area contributed by atoms with E-state index in [9.17, 15) is 9.59 Å². The van der Waals surface area contributed by atoms with Crippen LogP contribution in [0.1, 0.15) is 31.8 Å². The quantitative estimate of drug-likeness (QED) is 0.558. The van der Waals surface area contributed by atoms with Crippen LogP contribution in [0.25, 0.3) is 0 Å². The number of esters is 1. The van der Waals surface area contributed by atoms with Gasteiger partial charge in [-0.1, -0.05) is 17.7 Å². The van der Waals surface area contributed by atoms with Crippen LogP contribution in [0.4, 0.5) is 0 Å². The second-order valence-electron chi connectivity index (χ2n) is 5.70. The minimum Gasteiger partial charge on any atom is -0.493 e. The summed E-state index contributed by atoms with van der Waals surface area (Å²) in [5.74, 6) is -0.0471. The lowest BCUT2D eigenvalue weighted by Gasteiger charge is -2.15. The summed E-state index contributed by atoms with van der Waals surface area (Å²) in [7, 11) is 4.34. The van der Waals surface area contributed by atoms with Crippen molar-refractivity contribution >= 4 is 11.8 Å². The Kier molecular flexibility index (Phi) is 6.22. The molecule has 0 spiro atoms. The van der Waals surface area contributed by atoms with Crippen LogP contribution in [0.5, 0.6) is 17.2 Å². The van der Waals surface area contributed by atoms with Gasteiger partial charge in [-0.3, -0.25) is 4.79 Å². The average molecular weight is 358 g/mol. The number of ketones is 1. The Hall–Kier alpha value is -3.02. The highest BCUT2D eigenvalue weighted by molar-refractivity contribution is 6.01. The molecule has 6 nitrogen and oxygen atoms in total. The Morgan fingerprint density at radius 3 is 2.15 bits per heavy atom. The normalized spacial score (nSPS) is 10.2. The van der Waals surface area contributed by atoms with E-state index < -0.39 is 5.97 Å². The molecule has 0 atom stereocenters. The second kappa shape index (κ2) is 8.38. The Morgan fingerprint density at radius 1 is 0.846 bits per heavy atom. The number of carbonyl (C=O) groups excluding carboxylic acids is 2. The van der Waals surface area contributed by atoms with E-state index in [4.69, 9.17) is 18.9 Å². The molecule has 0 aromatic heterocycles. The number of hydrogen-bond donors (Lipinski definition) is 0. The molecular weight excluding hydrogens is 336 g/mol. The molecule has 2 aromatic rings. The van der Waals surface area contributed by atoms with Crippen molar-refractivity contribution in [3.63, 3.8) is 0 Å². The maximum Gasteiger partial charge on any atom is 0.342 e. The van der Waals surface area contributed by atoms with E-state index in [1.54, 1.807) is 12.1 Å². The lowest BCUT2D eigenvalue weighted by Crippen LogP contribution is -2.16. The molecule has 0 radical (unpaired) electrons. The highest BCUT2D eigenvalue weighted by atomic mass is 16.5. The van der Waals surface area contributed by atoms with Gasteiger partial charge in [-0.15, -0.1) is 0 Å². The minimum absolute atomic E-state index is 0.152. The summed E-state index contributed by atoms with van der Waals surface area (Å²) in [4.78, 5) is 24.8. The van der Waals surface area contributed by atoms with E-state index in [-0.39, 0.29) is 29.5 Å². The van der Waals surface area contributed by atoms with Gasteiger partial charge in [0.2, 0.25) is 11.5 Å². The molecule has 26 heavy (non-hydrogen) atoms. The van der Waals surface area contributed by atoms with Gasteiger partial charge in [0.05, 0.1) is 21.3 Å². The largest absolute Gasteiger partial charge is 0.493 e. The number of rotatable bonds is 7. The Bertz CT molecular complexity index is 825. The van der Waals surface area contributed by atoms with Gasteiger partial charge in [-0.2, -0.15) is 0 Å². The van der Waals surface area contributed by atoms with Crippen molar-refractivity contribution in [2.45, 2.75) is 13.8 Å². The molecule has 2 rings (SSSR count). The van der Waals surface area contributed by atoms with Crippen molar-refractivity contribution in [3.05, 3.63) is 52.6 Å². The van der Waals surface area contributed by atoms with Crippen LogP contribution in [0.3, 0.4) is 0 Å². The maximum atomic E-state index is 12.4. The lowest BCUT2D eigenvalue weighted by molar-refractivity contribution is 0.0470. The molecule has 0 heterocycles. The molecule has 0 aliphatic heterocycles. The summed E-state index contributed by atoms with van der Waals surface area (Å²) in [6.45, 7) is 3.38. The fourth-order valence-corrected chi connectivity index (χ4v) is 2.58. The Balaban J connectivity index is 2.20. The summed E-state index contributed by atoms with van der Waals surface area (Å²) >= 11 is 0. The van der Waals surface area contributed by atoms with Gasteiger partial charge in [0.25, 0.3) is 0 Å². The minimum atomic E-state index is -0.679. The zero-order valence-corrected chi connectivity index (χ0v) is 15.5. The first-order chi connectivity index (χ1) is 12.4. The number of carbonyl (C=O) groups is 2. The zero-order chi connectivity index (χ0) is 19.3. The monoisotopic (exact) mass is 358 g/mol. The molecule has 138 valence electrons. The number of benzene rings is 2. The van der Waals surface area contributed by atoms with Crippen LogP contribution >= 0.6 is 0 Å². The highest BCUT2D eigenvalue weighted by Gasteiger charge is 2.22. The van der Waals surface area contributed by atoms with Crippen molar-refractivity contribution in [1.82, 2.24) is 0 Å². The highest BCUT2D eigenvalue weighted by Crippen LogP contribution is 2.39. The lowest BCUT2D eigenvalue weighted by atomic mass is 10.0. The second-order valence-corrected chi connectivity index (χ2v) is 5.70. The van der Waals surface area contributed by atoms with Crippen molar-refractivity contribution in [3.8, 4) is 17.2 Å². The molecule has 0 fully saturated rings. The predicted octanol–water partition coefficient (Wildman–Crippen LogP) is 3.37. The van der Waals surface area contributed by atoms with Crippen molar-refractivity contribution in [2.24, 2.45) is 0 Å². The van der Waals surface area contributed by atoms with Crippen molar-refractivity contribution in [1.29, 1.82) is 0 Å². The van der Waals surface area contributed by atoms with Crippen LogP contribution in [0, 0.1) is 13.8 Å². The van der Waals surface area contributed by atoms with E-state index in [1.165, 1.54) is 27.4 Å². The topological polar surface area (TPSA) is 71.1 Å². The number of ether oxygens (including phenoxy) is 4. The van der Waals surface area contributed by atoms with Crippen LogP contribution in [0.15, 0.2) is 30.3 Å². The number of Topliss-reactive ketones (excluding diaryl/α,β-unsaturated/α-hetero) is 1. The van der Waals surface area contributed by atoms with Crippen LogP contribution < -0.4 is 14.2 Å². The molecule has 2 aromatic carbocycles. The first-order valence-corrected chi connectivity index (χ1v) is 7.99. The Labute approximate surface area is 152 Å². The van der Waals surface area contributed by atoms with Crippen LogP contribution in [-0.2, 0) is 4.74 Å². The number of hydrogen-bond acceptors (Lipinski definition) is 6. The van der Waals surface area contributed by atoms with Crippen molar-refractivity contribution in [2.75, 3.05) is 27.9 Å². The molecule has 0 unspecified atom stereocenters. The summed E-state index contributed by atoms with van der Waals surface area (Å²) in [6, 6.07) is 8.65. The summed E-state index contributed by atoms with van der Waals surface area (Å²) in [6.07, 6.45) is 0. The summed E-state index contributed by atoms with van der Waals surface area (Å²) in [5.41, 5.74) is 2.49. The van der Waals surface area contributed by atoms with E-state index in [0.717, 1.165) is 11.1 Å². The van der Waals surface area contributed by atoms with E-state index in [1.807, 2.05) is 26.0 Å². The SMILES string of the molecule is COc1ccc(C(=O)OCC(=O)c2cc(C)ccc2C)c(OC)c1OC. The van der Waals surface area contributed by atoms with Gasteiger partial charge in [-0.25, -0.2) is 4.79 Å². The summed E-state index contributed by atoms with van der Waals surface area (Å²) in [5, 5.41) is 0. The molecule has 0 saturated carbocycles. The molecule has 0 N–H and O–H groups in total. The maximum absolute atomic E-state index is 12.4. The fourth-order valence-electron chi connectivity index (χ4n) is 2.58. The molecular formula is C20H22O6. The molecule has 0 aliphatic rings. The van der Waals surface area contributed by atoms with E-state index in [0.29, 0.717) is 11.3 Å². The molecule has 0 bridgehead atoms. The predicted molar refractivity (Wildman–Crippen MR) is 96.6 cm³/mol. The third-order valence-electron chi connectivity index (χ3n) is 3.95. The molecule has 6 heteroatoms. The fraction of sp³-hybridized carbons (Fsp3) is 0.300. The average Bonchev–Trinajstić information content (AvgIpc) is 2.66.